The molecule has 0 rings (SSSR count). The predicted octanol–water partition coefficient (Wildman–Crippen LogP) is 19.2. The average Bonchev–Trinajstić information content (AvgIpc) is 3.35. The molecule has 69 heavy (non-hydrogen) atoms. The molecule has 2 atom stereocenters. The van der Waals surface area contributed by atoms with Gasteiger partial charge in [-0.05, 0) is 64.2 Å². The topological polar surface area (TPSA) is 95.9 Å². The minimum absolute atomic E-state index is 0.0108. The number of unbranched alkanes of at least 4 members (excludes halogenated alkanes) is 42. The van der Waals surface area contributed by atoms with E-state index in [0.29, 0.717) is 19.4 Å². The highest BCUT2D eigenvalue weighted by atomic mass is 16.5. The van der Waals surface area contributed by atoms with E-state index in [1.54, 1.807) is 6.08 Å². The van der Waals surface area contributed by atoms with E-state index >= 15 is 0 Å². The molecule has 0 aromatic rings. The maximum atomic E-state index is 12.5. The monoisotopic (exact) mass is 970 g/mol. The van der Waals surface area contributed by atoms with E-state index in [0.717, 1.165) is 64.2 Å². The Labute approximate surface area is 430 Å². The van der Waals surface area contributed by atoms with Gasteiger partial charge in [-0.1, -0.05) is 288 Å². The smallest absolute Gasteiger partial charge is 0.305 e. The molecule has 0 fully saturated rings. The molecular weight excluding hydrogens is 851 g/mol. The fraction of sp³-hybridized carbons (Fsp3) is 0.873. The van der Waals surface area contributed by atoms with Crippen LogP contribution in [0, 0.1) is 0 Å². The van der Waals surface area contributed by atoms with Gasteiger partial charge in [0.05, 0.1) is 25.4 Å². The van der Waals surface area contributed by atoms with Crippen LogP contribution in [0.5, 0.6) is 0 Å². The van der Waals surface area contributed by atoms with Gasteiger partial charge in [0.15, 0.2) is 0 Å². The van der Waals surface area contributed by atoms with Crippen molar-refractivity contribution in [1.29, 1.82) is 0 Å². The fourth-order valence-corrected chi connectivity index (χ4v) is 9.43. The molecule has 2 unspecified atom stereocenters. The average molecular weight is 971 g/mol. The zero-order chi connectivity index (χ0) is 50.0. The zero-order valence-corrected chi connectivity index (χ0v) is 46.3. The third kappa shape index (κ3) is 55.2. The summed E-state index contributed by atoms with van der Waals surface area (Å²) in [6, 6.07) is -0.638. The molecule has 0 aliphatic carbocycles. The number of amides is 1. The number of carbonyl (C=O) groups excluding carboxylic acids is 2. The van der Waals surface area contributed by atoms with Crippen LogP contribution in [0.2, 0.25) is 0 Å². The second kappa shape index (κ2) is 58.6. The summed E-state index contributed by atoms with van der Waals surface area (Å²) >= 11 is 0. The molecule has 3 N–H and O–H groups in total. The van der Waals surface area contributed by atoms with Crippen LogP contribution in [0.15, 0.2) is 36.5 Å². The van der Waals surface area contributed by atoms with E-state index in [-0.39, 0.29) is 18.5 Å². The standard InChI is InChI=1S/C63H119NO5/c1-3-5-7-9-11-13-15-17-19-21-22-23-24-26-27-31-35-39-43-47-51-55-61(66)60(59-65)64-62(67)56-52-48-44-40-36-32-29-30-34-38-42-46-50-54-58-69-63(68)57-53-49-45-41-37-33-28-25-20-18-16-14-12-10-8-6-4-2/h12,14,18,20,51,55,60-61,65-66H,3-11,13,15-17,19,21-50,52-54,56-59H2,1-2H3,(H,64,67)/b14-12-,20-18-,55-51+. The lowest BCUT2D eigenvalue weighted by molar-refractivity contribution is -0.143. The number of rotatable bonds is 57. The van der Waals surface area contributed by atoms with Crippen molar-refractivity contribution in [3.63, 3.8) is 0 Å². The van der Waals surface area contributed by atoms with Crippen LogP contribution in [0.1, 0.15) is 328 Å². The number of hydrogen-bond donors (Lipinski definition) is 3. The van der Waals surface area contributed by atoms with E-state index in [2.05, 4.69) is 43.5 Å². The van der Waals surface area contributed by atoms with Crippen molar-refractivity contribution in [2.75, 3.05) is 13.2 Å². The van der Waals surface area contributed by atoms with Gasteiger partial charge in [0.1, 0.15) is 0 Å². The molecule has 0 heterocycles. The van der Waals surface area contributed by atoms with Gasteiger partial charge in [-0.15, -0.1) is 0 Å². The first-order valence-corrected chi connectivity index (χ1v) is 30.8. The van der Waals surface area contributed by atoms with Crippen LogP contribution in [-0.4, -0.2) is 47.4 Å². The van der Waals surface area contributed by atoms with Crippen molar-refractivity contribution in [2.24, 2.45) is 0 Å². The molecule has 0 aromatic heterocycles. The van der Waals surface area contributed by atoms with Crippen molar-refractivity contribution in [3.05, 3.63) is 36.5 Å². The Kier molecular flexibility index (Phi) is 57.0. The van der Waals surface area contributed by atoms with Gasteiger partial charge >= 0.3 is 5.97 Å². The first-order chi connectivity index (χ1) is 34.0. The summed E-state index contributed by atoms with van der Waals surface area (Å²) < 4.78 is 5.48. The van der Waals surface area contributed by atoms with E-state index in [9.17, 15) is 19.8 Å². The molecule has 0 bridgehead atoms. The van der Waals surface area contributed by atoms with Gasteiger partial charge in [-0.3, -0.25) is 9.59 Å². The molecule has 1 amide bonds. The van der Waals surface area contributed by atoms with Crippen molar-refractivity contribution < 1.29 is 24.5 Å². The Morgan fingerprint density at radius 3 is 1.13 bits per heavy atom. The summed E-state index contributed by atoms with van der Waals surface area (Å²) in [5.41, 5.74) is 0. The van der Waals surface area contributed by atoms with E-state index in [4.69, 9.17) is 4.74 Å². The number of ether oxygens (including phenoxy) is 1. The fourth-order valence-electron chi connectivity index (χ4n) is 9.43. The second-order valence-corrected chi connectivity index (χ2v) is 21.0. The number of carbonyl (C=O) groups is 2. The number of aliphatic hydroxyl groups is 2. The molecule has 6 heteroatoms. The third-order valence-corrected chi connectivity index (χ3v) is 14.2. The first-order valence-electron chi connectivity index (χ1n) is 30.8. The summed E-state index contributed by atoms with van der Waals surface area (Å²) in [4.78, 5) is 24.6. The van der Waals surface area contributed by atoms with Crippen LogP contribution in [0.25, 0.3) is 0 Å². The number of aliphatic hydroxyl groups excluding tert-OH is 2. The van der Waals surface area contributed by atoms with Crippen LogP contribution >= 0.6 is 0 Å². The van der Waals surface area contributed by atoms with E-state index in [1.807, 2.05) is 6.08 Å². The molecule has 0 saturated carbocycles. The summed E-state index contributed by atoms with van der Waals surface area (Å²) in [5.74, 6) is -0.0872. The molecule has 406 valence electrons. The van der Waals surface area contributed by atoms with Crippen molar-refractivity contribution in [3.8, 4) is 0 Å². The second-order valence-electron chi connectivity index (χ2n) is 21.0. The van der Waals surface area contributed by atoms with Crippen LogP contribution in [0.4, 0.5) is 0 Å². The van der Waals surface area contributed by atoms with Gasteiger partial charge in [0.2, 0.25) is 5.91 Å². The lowest BCUT2D eigenvalue weighted by Gasteiger charge is -2.20. The Hall–Kier alpha value is -1.92. The summed E-state index contributed by atoms with van der Waals surface area (Å²) in [6.07, 6.45) is 73.1. The van der Waals surface area contributed by atoms with Crippen LogP contribution in [0.3, 0.4) is 0 Å². The zero-order valence-electron chi connectivity index (χ0n) is 46.3. The molecule has 0 aliphatic heterocycles. The van der Waals surface area contributed by atoms with Gasteiger partial charge in [0, 0.05) is 12.8 Å². The molecule has 0 saturated heterocycles. The normalized spacial score (nSPS) is 12.8. The minimum atomic E-state index is -0.853. The third-order valence-electron chi connectivity index (χ3n) is 14.2. The lowest BCUT2D eigenvalue weighted by atomic mass is 10.0. The molecule has 0 spiro atoms. The highest BCUT2D eigenvalue weighted by Gasteiger charge is 2.18. The highest BCUT2D eigenvalue weighted by Crippen LogP contribution is 2.17. The van der Waals surface area contributed by atoms with Gasteiger partial charge < -0.3 is 20.3 Å². The van der Waals surface area contributed by atoms with Crippen molar-refractivity contribution in [2.45, 2.75) is 341 Å². The van der Waals surface area contributed by atoms with Gasteiger partial charge in [-0.25, -0.2) is 0 Å². The maximum absolute atomic E-state index is 12.5. The molecule has 0 aliphatic rings. The molecule has 0 aromatic carbocycles. The SMILES string of the molecule is CCCCC/C=C\C/C=C\CCCCCCCCCC(=O)OCCCCCCCCCCCCCCCCC(=O)NC(CO)C(O)/C=C/CCCCCCCCCCCCCCCCCCCCC. The Morgan fingerprint density at radius 2 is 0.725 bits per heavy atom. The summed E-state index contributed by atoms with van der Waals surface area (Å²) in [5, 5.41) is 23.2. The maximum Gasteiger partial charge on any atom is 0.305 e. The first kappa shape index (κ1) is 67.1. The summed E-state index contributed by atoms with van der Waals surface area (Å²) in [6.45, 7) is 4.87. The Bertz CT molecular complexity index is 1120. The van der Waals surface area contributed by atoms with Gasteiger partial charge in [-0.2, -0.15) is 0 Å². The van der Waals surface area contributed by atoms with Gasteiger partial charge in [0.25, 0.3) is 0 Å². The van der Waals surface area contributed by atoms with E-state index < -0.39 is 12.1 Å². The Morgan fingerprint density at radius 1 is 0.406 bits per heavy atom. The molecular formula is C63H119NO5. The predicted molar refractivity (Wildman–Crippen MR) is 301 cm³/mol. The summed E-state index contributed by atoms with van der Waals surface area (Å²) in [7, 11) is 0. The Balaban J connectivity index is 3.47. The number of esters is 1. The highest BCUT2D eigenvalue weighted by molar-refractivity contribution is 5.76. The number of allylic oxidation sites excluding steroid dienone is 5. The van der Waals surface area contributed by atoms with E-state index in [1.165, 1.54) is 238 Å². The van der Waals surface area contributed by atoms with Crippen molar-refractivity contribution >= 4 is 11.9 Å². The van der Waals surface area contributed by atoms with Crippen molar-refractivity contribution in [1.82, 2.24) is 5.32 Å². The quantitative estimate of drug-likeness (QED) is 0.0321. The molecule has 0 radical (unpaired) electrons. The van der Waals surface area contributed by atoms with Crippen LogP contribution < -0.4 is 5.32 Å². The van der Waals surface area contributed by atoms with Crippen LogP contribution in [-0.2, 0) is 14.3 Å². The molecule has 6 nitrogen and oxygen atoms in total. The number of nitrogens with one attached hydrogen (secondary N) is 1. The lowest BCUT2D eigenvalue weighted by Crippen LogP contribution is -2.45. The largest absolute Gasteiger partial charge is 0.466 e. The number of hydrogen-bond acceptors (Lipinski definition) is 5. The minimum Gasteiger partial charge on any atom is -0.466 e.